The molecule has 0 bridgehead atoms. The second-order valence-corrected chi connectivity index (χ2v) is 4.34. The lowest BCUT2D eigenvalue weighted by Crippen LogP contribution is -1.90. The molecule has 0 saturated heterocycles. The number of ether oxygens (including phenoxy) is 1. The van der Waals surface area contributed by atoms with E-state index in [-0.39, 0.29) is 0 Å². The first-order valence-electron chi connectivity index (χ1n) is 4.92. The maximum Gasteiger partial charge on any atom is 0.145 e. The van der Waals surface area contributed by atoms with Crippen LogP contribution in [-0.2, 0) is 0 Å². The molecule has 0 aromatic heterocycles. The van der Waals surface area contributed by atoms with E-state index in [4.69, 9.17) is 15.7 Å². The topological polar surface area (TPSA) is 59.0 Å². The van der Waals surface area contributed by atoms with Crippen LogP contribution >= 0.6 is 15.9 Å². The first-order valence-corrected chi connectivity index (χ1v) is 5.71. The molecule has 17 heavy (non-hydrogen) atoms. The van der Waals surface area contributed by atoms with Crippen molar-refractivity contribution in [3.05, 3.63) is 52.5 Å². The second kappa shape index (κ2) is 4.89. The lowest BCUT2D eigenvalue weighted by molar-refractivity contribution is 0.481. The maximum atomic E-state index is 9.00. The van der Waals surface area contributed by atoms with Crippen molar-refractivity contribution in [2.45, 2.75) is 0 Å². The monoisotopic (exact) mass is 288 g/mol. The van der Waals surface area contributed by atoms with Crippen LogP contribution < -0.4 is 10.5 Å². The van der Waals surface area contributed by atoms with Gasteiger partial charge in [-0.1, -0.05) is 22.0 Å². The van der Waals surface area contributed by atoms with Crippen molar-refractivity contribution < 1.29 is 4.74 Å². The van der Waals surface area contributed by atoms with Gasteiger partial charge in [0.05, 0.1) is 5.56 Å². The number of halogens is 1. The largest absolute Gasteiger partial charge is 0.456 e. The molecule has 4 heteroatoms. The average molecular weight is 289 g/mol. The Hall–Kier alpha value is -1.99. The number of hydrogen-bond donors (Lipinski definition) is 1. The van der Waals surface area contributed by atoms with Crippen LogP contribution in [0.1, 0.15) is 5.56 Å². The molecular weight excluding hydrogens is 280 g/mol. The molecule has 3 nitrogen and oxygen atoms in total. The van der Waals surface area contributed by atoms with Crippen molar-refractivity contribution >= 4 is 21.6 Å². The number of nitrogen functional groups attached to an aromatic ring is 1. The van der Waals surface area contributed by atoms with Crippen molar-refractivity contribution in [3.8, 4) is 17.6 Å². The van der Waals surface area contributed by atoms with Gasteiger partial charge in [-0.15, -0.1) is 0 Å². The van der Waals surface area contributed by atoms with Crippen LogP contribution in [0.2, 0.25) is 0 Å². The van der Waals surface area contributed by atoms with E-state index in [1.807, 2.05) is 6.07 Å². The van der Waals surface area contributed by atoms with Gasteiger partial charge in [-0.2, -0.15) is 5.26 Å². The summed E-state index contributed by atoms with van der Waals surface area (Å²) < 4.78 is 6.45. The Kier molecular flexibility index (Phi) is 3.31. The predicted octanol–water partition coefficient (Wildman–Crippen LogP) is 3.70. The number of rotatable bonds is 2. The highest BCUT2D eigenvalue weighted by molar-refractivity contribution is 9.10. The van der Waals surface area contributed by atoms with Gasteiger partial charge in [-0.3, -0.25) is 0 Å². The molecule has 2 aromatic rings. The second-order valence-electron chi connectivity index (χ2n) is 3.43. The summed E-state index contributed by atoms with van der Waals surface area (Å²) in [6, 6.07) is 14.4. The van der Waals surface area contributed by atoms with Crippen LogP contribution in [0.5, 0.6) is 11.5 Å². The average Bonchev–Trinajstić information content (AvgIpc) is 2.31. The third kappa shape index (κ3) is 2.77. The Morgan fingerprint density at radius 3 is 2.71 bits per heavy atom. The molecule has 0 heterocycles. The molecule has 2 rings (SSSR count). The highest BCUT2D eigenvalue weighted by atomic mass is 79.9. The van der Waals surface area contributed by atoms with E-state index in [1.54, 1.807) is 36.4 Å². The molecule has 0 aliphatic rings. The third-order valence-corrected chi connectivity index (χ3v) is 2.64. The smallest absolute Gasteiger partial charge is 0.145 e. The van der Waals surface area contributed by atoms with E-state index in [1.165, 1.54) is 0 Å². The quantitative estimate of drug-likeness (QED) is 0.858. The van der Waals surface area contributed by atoms with Crippen LogP contribution in [-0.4, -0.2) is 0 Å². The summed E-state index contributed by atoms with van der Waals surface area (Å²) >= 11 is 3.31. The molecule has 0 unspecified atom stereocenters. The number of nitriles is 1. The number of hydrogen-bond acceptors (Lipinski definition) is 3. The summed E-state index contributed by atoms with van der Waals surface area (Å²) in [5.74, 6) is 1.13. The van der Waals surface area contributed by atoms with Crippen molar-refractivity contribution in [1.29, 1.82) is 5.26 Å². The zero-order valence-electron chi connectivity index (χ0n) is 8.85. The summed E-state index contributed by atoms with van der Waals surface area (Å²) in [7, 11) is 0. The molecule has 0 atom stereocenters. The molecule has 0 fully saturated rings. The van der Waals surface area contributed by atoms with Crippen LogP contribution in [0.15, 0.2) is 46.9 Å². The van der Waals surface area contributed by atoms with E-state index >= 15 is 0 Å². The lowest BCUT2D eigenvalue weighted by Gasteiger charge is -2.08. The Labute approximate surface area is 108 Å². The maximum absolute atomic E-state index is 9.00. The zero-order chi connectivity index (χ0) is 12.3. The fraction of sp³-hybridized carbons (Fsp3) is 0. The van der Waals surface area contributed by atoms with E-state index in [2.05, 4.69) is 22.0 Å². The van der Waals surface area contributed by atoms with Gasteiger partial charge < -0.3 is 10.5 Å². The van der Waals surface area contributed by atoms with E-state index < -0.39 is 0 Å². The molecular formula is C13H9BrN2O. The summed E-state index contributed by atoms with van der Waals surface area (Å²) in [5.41, 5.74) is 6.75. The Morgan fingerprint density at radius 2 is 2.00 bits per heavy atom. The minimum Gasteiger partial charge on any atom is -0.456 e. The molecule has 2 N–H and O–H groups in total. The van der Waals surface area contributed by atoms with Gasteiger partial charge in [-0.05, 0) is 30.3 Å². The number of anilines is 1. The molecule has 2 aromatic carbocycles. The Bertz CT molecular complexity index is 590. The fourth-order valence-corrected chi connectivity index (χ4v) is 1.74. The highest BCUT2D eigenvalue weighted by Crippen LogP contribution is 2.28. The van der Waals surface area contributed by atoms with Crippen LogP contribution in [0.25, 0.3) is 0 Å². The summed E-state index contributed by atoms with van der Waals surface area (Å²) in [6.45, 7) is 0. The molecule has 0 radical (unpaired) electrons. The minimum atomic E-state index is 0.474. The lowest BCUT2D eigenvalue weighted by atomic mass is 10.2. The first kappa shape index (κ1) is 11.5. The number of nitrogens with zero attached hydrogens (tertiary/aromatic N) is 1. The van der Waals surface area contributed by atoms with E-state index in [9.17, 15) is 0 Å². The molecule has 0 spiro atoms. The van der Waals surface area contributed by atoms with Crippen molar-refractivity contribution in [3.63, 3.8) is 0 Å². The van der Waals surface area contributed by atoms with Crippen LogP contribution in [0, 0.1) is 11.3 Å². The van der Waals surface area contributed by atoms with Gasteiger partial charge in [0.1, 0.15) is 17.6 Å². The Balaban J connectivity index is 2.34. The predicted molar refractivity (Wildman–Crippen MR) is 69.8 cm³/mol. The fourth-order valence-electron chi connectivity index (χ4n) is 1.38. The van der Waals surface area contributed by atoms with Gasteiger partial charge in [0.2, 0.25) is 0 Å². The van der Waals surface area contributed by atoms with Gasteiger partial charge in [0.15, 0.2) is 0 Å². The molecule has 0 saturated carbocycles. The number of benzene rings is 2. The molecule has 0 amide bonds. The summed E-state index contributed by atoms with van der Waals surface area (Å²) in [6.07, 6.45) is 0. The molecule has 0 aliphatic carbocycles. The van der Waals surface area contributed by atoms with Crippen LogP contribution in [0.3, 0.4) is 0 Å². The van der Waals surface area contributed by atoms with E-state index in [0.717, 1.165) is 4.47 Å². The highest BCUT2D eigenvalue weighted by Gasteiger charge is 2.05. The summed E-state index contributed by atoms with van der Waals surface area (Å²) in [5, 5.41) is 9.00. The van der Waals surface area contributed by atoms with Gasteiger partial charge in [0, 0.05) is 16.2 Å². The normalized spacial score (nSPS) is 9.65. The molecule has 0 aliphatic heterocycles. The van der Waals surface area contributed by atoms with Gasteiger partial charge >= 0.3 is 0 Å². The van der Waals surface area contributed by atoms with Crippen molar-refractivity contribution in [2.75, 3.05) is 5.73 Å². The minimum absolute atomic E-state index is 0.474. The summed E-state index contributed by atoms with van der Waals surface area (Å²) in [4.78, 5) is 0. The SMILES string of the molecule is N#Cc1cc(Br)ccc1Oc1cccc(N)c1. The van der Waals surface area contributed by atoms with Gasteiger partial charge in [-0.25, -0.2) is 0 Å². The number of nitrogens with two attached hydrogens (primary N) is 1. The van der Waals surface area contributed by atoms with E-state index in [0.29, 0.717) is 22.7 Å². The van der Waals surface area contributed by atoms with Gasteiger partial charge in [0.25, 0.3) is 0 Å². The third-order valence-electron chi connectivity index (χ3n) is 2.15. The standard InChI is InChI=1S/C13H9BrN2O/c14-10-4-5-13(9(6-10)8-15)17-12-3-1-2-11(16)7-12/h1-7H,16H2. The zero-order valence-corrected chi connectivity index (χ0v) is 10.4. The Morgan fingerprint density at radius 1 is 1.18 bits per heavy atom. The van der Waals surface area contributed by atoms with Crippen LogP contribution in [0.4, 0.5) is 5.69 Å². The molecule has 84 valence electrons. The van der Waals surface area contributed by atoms with Crippen molar-refractivity contribution in [2.24, 2.45) is 0 Å². The first-order chi connectivity index (χ1) is 8.19. The van der Waals surface area contributed by atoms with Crippen molar-refractivity contribution in [1.82, 2.24) is 0 Å².